The van der Waals surface area contributed by atoms with Crippen LogP contribution in [0.25, 0.3) is 0 Å². The molecule has 0 saturated carbocycles. The lowest BCUT2D eigenvalue weighted by Crippen LogP contribution is -2.47. The highest BCUT2D eigenvalue weighted by molar-refractivity contribution is 5.47. The van der Waals surface area contributed by atoms with Crippen LogP contribution in [0.1, 0.15) is 23.7 Å². The largest absolute Gasteiger partial charge is 0.394 e. The normalized spacial score (nSPS) is 23.2. The molecule has 2 unspecified atom stereocenters. The molecule has 2 rings (SSSR count). The Kier molecular flexibility index (Phi) is 4.87. The molecule has 1 N–H and O–H groups in total. The number of ether oxygens (including phenoxy) is 1. The summed E-state index contributed by atoms with van der Waals surface area (Å²) >= 11 is 0. The van der Waals surface area contributed by atoms with Gasteiger partial charge in [-0.25, -0.2) is 0 Å². The molecule has 0 radical (unpaired) electrons. The Hall–Kier alpha value is -1.57. The molecule has 1 saturated heterocycles. The van der Waals surface area contributed by atoms with Crippen LogP contribution in [-0.2, 0) is 11.3 Å². The zero-order valence-corrected chi connectivity index (χ0v) is 12.6. The lowest BCUT2D eigenvalue weighted by atomic mass is 10.1. The van der Waals surface area contributed by atoms with Crippen molar-refractivity contribution in [2.24, 2.45) is 0 Å². The minimum atomic E-state index is -0.353. The second-order valence-corrected chi connectivity index (χ2v) is 5.56. The number of nitro groups is 1. The molecule has 1 aromatic rings. The van der Waals surface area contributed by atoms with Crippen LogP contribution in [0.15, 0.2) is 6.20 Å². The Balaban J connectivity index is 2.20. The summed E-state index contributed by atoms with van der Waals surface area (Å²) in [5.74, 6) is 0. The van der Waals surface area contributed by atoms with Crippen molar-refractivity contribution in [3.05, 3.63) is 33.1 Å². The molecule has 1 aliphatic heterocycles. The topological polar surface area (TPSA) is 88.7 Å². The van der Waals surface area contributed by atoms with E-state index in [1.54, 1.807) is 20.0 Å². The average Bonchev–Trinajstić information content (AvgIpc) is 2.41. The third-order valence-electron chi connectivity index (χ3n) is 3.74. The van der Waals surface area contributed by atoms with Crippen molar-refractivity contribution in [3.8, 4) is 0 Å². The van der Waals surface area contributed by atoms with Crippen LogP contribution in [0.4, 0.5) is 5.69 Å². The number of nitrogens with zero attached hydrogens (tertiary/aromatic N) is 3. The first-order chi connectivity index (χ1) is 9.92. The molecule has 21 heavy (non-hydrogen) atoms. The van der Waals surface area contributed by atoms with E-state index in [1.807, 2.05) is 6.92 Å². The highest BCUT2D eigenvalue weighted by Crippen LogP contribution is 2.25. The third-order valence-corrected chi connectivity index (χ3v) is 3.74. The zero-order chi connectivity index (χ0) is 15.6. The first-order valence-corrected chi connectivity index (χ1v) is 7.00. The van der Waals surface area contributed by atoms with Gasteiger partial charge in [0.25, 0.3) is 5.69 Å². The Labute approximate surface area is 123 Å². The molecule has 1 aromatic heterocycles. The number of hydrogen-bond donors (Lipinski definition) is 1. The lowest BCUT2D eigenvalue weighted by molar-refractivity contribution is -0.386. The van der Waals surface area contributed by atoms with Crippen LogP contribution in [-0.4, -0.2) is 51.8 Å². The number of aromatic nitrogens is 1. The van der Waals surface area contributed by atoms with E-state index < -0.39 is 0 Å². The maximum absolute atomic E-state index is 11.1. The molecule has 0 aliphatic carbocycles. The van der Waals surface area contributed by atoms with Crippen molar-refractivity contribution in [1.82, 2.24) is 9.88 Å². The van der Waals surface area contributed by atoms with Gasteiger partial charge in [-0.15, -0.1) is 0 Å². The minimum Gasteiger partial charge on any atom is -0.394 e. The fourth-order valence-corrected chi connectivity index (χ4v) is 2.79. The molecule has 2 heterocycles. The summed E-state index contributed by atoms with van der Waals surface area (Å²) in [6.07, 6.45) is 1.36. The molecule has 7 heteroatoms. The maximum atomic E-state index is 11.1. The summed E-state index contributed by atoms with van der Waals surface area (Å²) in [6, 6.07) is 0. The maximum Gasteiger partial charge on any atom is 0.278 e. The van der Waals surface area contributed by atoms with Crippen molar-refractivity contribution < 1.29 is 14.8 Å². The van der Waals surface area contributed by atoms with E-state index in [1.165, 1.54) is 0 Å². The third kappa shape index (κ3) is 3.55. The quantitative estimate of drug-likeness (QED) is 0.663. The number of hydrogen-bond acceptors (Lipinski definition) is 6. The minimum absolute atomic E-state index is 0.0247. The Morgan fingerprint density at radius 1 is 1.52 bits per heavy atom. The molecular weight excluding hydrogens is 274 g/mol. The molecular formula is C14H21N3O4. The van der Waals surface area contributed by atoms with E-state index in [0.29, 0.717) is 29.9 Å². The van der Waals surface area contributed by atoms with Gasteiger partial charge in [-0.2, -0.15) is 0 Å². The highest BCUT2D eigenvalue weighted by Gasteiger charge is 2.26. The van der Waals surface area contributed by atoms with Crippen molar-refractivity contribution in [2.75, 3.05) is 19.7 Å². The number of pyridine rings is 1. The zero-order valence-electron chi connectivity index (χ0n) is 12.6. The molecule has 1 fully saturated rings. The van der Waals surface area contributed by atoms with Crippen LogP contribution in [0, 0.1) is 24.0 Å². The lowest BCUT2D eigenvalue weighted by Gasteiger charge is -2.36. The Morgan fingerprint density at radius 3 is 2.86 bits per heavy atom. The van der Waals surface area contributed by atoms with Crippen LogP contribution in [0.5, 0.6) is 0 Å². The summed E-state index contributed by atoms with van der Waals surface area (Å²) in [5.41, 5.74) is 2.03. The number of morpholine rings is 1. The number of aryl methyl sites for hydroxylation is 1. The first kappa shape index (κ1) is 15.8. The first-order valence-electron chi connectivity index (χ1n) is 7.00. The van der Waals surface area contributed by atoms with E-state index in [0.717, 1.165) is 6.54 Å². The van der Waals surface area contributed by atoms with E-state index in [9.17, 15) is 15.2 Å². The van der Waals surface area contributed by atoms with E-state index in [-0.39, 0.29) is 29.4 Å². The van der Waals surface area contributed by atoms with Gasteiger partial charge in [0, 0.05) is 37.0 Å². The fraction of sp³-hybridized carbons (Fsp3) is 0.643. The van der Waals surface area contributed by atoms with Crippen molar-refractivity contribution >= 4 is 5.69 Å². The second kappa shape index (κ2) is 6.46. The molecule has 0 amide bonds. The summed E-state index contributed by atoms with van der Waals surface area (Å²) in [4.78, 5) is 17.3. The number of aliphatic hydroxyl groups is 1. The van der Waals surface area contributed by atoms with E-state index in [4.69, 9.17) is 4.74 Å². The fourth-order valence-electron chi connectivity index (χ4n) is 2.79. The van der Waals surface area contributed by atoms with Gasteiger partial charge in [-0.3, -0.25) is 20.0 Å². The monoisotopic (exact) mass is 295 g/mol. The second-order valence-electron chi connectivity index (χ2n) is 5.56. The summed E-state index contributed by atoms with van der Waals surface area (Å²) in [7, 11) is 0. The van der Waals surface area contributed by atoms with Gasteiger partial charge in [-0.05, 0) is 20.8 Å². The average molecular weight is 295 g/mol. The van der Waals surface area contributed by atoms with Gasteiger partial charge < -0.3 is 9.84 Å². The van der Waals surface area contributed by atoms with E-state index >= 15 is 0 Å². The summed E-state index contributed by atoms with van der Waals surface area (Å²) in [5, 5.41) is 20.4. The van der Waals surface area contributed by atoms with Crippen molar-refractivity contribution in [3.63, 3.8) is 0 Å². The smallest absolute Gasteiger partial charge is 0.278 e. The Morgan fingerprint density at radius 2 is 2.24 bits per heavy atom. The van der Waals surface area contributed by atoms with E-state index in [2.05, 4.69) is 9.88 Å². The van der Waals surface area contributed by atoms with Crippen LogP contribution >= 0.6 is 0 Å². The molecule has 0 bridgehead atoms. The van der Waals surface area contributed by atoms with Gasteiger partial charge >= 0.3 is 0 Å². The van der Waals surface area contributed by atoms with Crippen LogP contribution in [0.3, 0.4) is 0 Å². The van der Waals surface area contributed by atoms with Crippen molar-refractivity contribution in [2.45, 2.75) is 39.5 Å². The van der Waals surface area contributed by atoms with Crippen LogP contribution < -0.4 is 0 Å². The molecule has 2 atom stereocenters. The highest BCUT2D eigenvalue weighted by atomic mass is 16.6. The van der Waals surface area contributed by atoms with Crippen molar-refractivity contribution in [1.29, 1.82) is 0 Å². The van der Waals surface area contributed by atoms with Gasteiger partial charge in [0.15, 0.2) is 0 Å². The Bertz CT molecular complexity index is 535. The molecule has 116 valence electrons. The van der Waals surface area contributed by atoms with Gasteiger partial charge in [0.2, 0.25) is 0 Å². The predicted octanol–water partition coefficient (Wildman–Crippen LogP) is 1.19. The molecule has 7 nitrogen and oxygen atoms in total. The summed E-state index contributed by atoms with van der Waals surface area (Å²) < 4.78 is 5.59. The SMILES string of the molecule is Cc1cnc(CN2CC(C)OC(CO)C2)c(C)c1[N+](=O)[O-]. The van der Waals surface area contributed by atoms with Gasteiger partial charge in [0.1, 0.15) is 0 Å². The molecule has 0 spiro atoms. The predicted molar refractivity (Wildman–Crippen MR) is 77.1 cm³/mol. The number of rotatable bonds is 4. The summed E-state index contributed by atoms with van der Waals surface area (Å²) in [6.45, 7) is 7.20. The molecule has 0 aromatic carbocycles. The number of aliphatic hydroxyl groups excluding tert-OH is 1. The standard InChI is InChI=1S/C14H21N3O4/c1-9-4-15-13(11(3)14(9)17(19)20)7-16-5-10(2)21-12(6-16)8-18/h4,10,12,18H,5-8H2,1-3H3. The molecule has 1 aliphatic rings. The van der Waals surface area contributed by atoms with Gasteiger partial charge in [-0.1, -0.05) is 0 Å². The van der Waals surface area contributed by atoms with Gasteiger partial charge in [0.05, 0.1) is 29.4 Å². The van der Waals surface area contributed by atoms with Crippen LogP contribution in [0.2, 0.25) is 0 Å².